The van der Waals surface area contributed by atoms with Crippen LogP contribution in [0, 0.1) is 5.82 Å². The van der Waals surface area contributed by atoms with Crippen LogP contribution in [-0.4, -0.2) is 18.0 Å². The maximum Gasteiger partial charge on any atom is 0.253 e. The standard InChI is InChI=1S/C20H17ClFN3O2/c1-27-18-5-3-2-4-13(18)11-24-20(26)14-6-9-19(23-12-14)25-15-7-8-17(22)16(21)10-15/h2-10,12H,11H2,1H3,(H,23,25)(H,24,26). The lowest BCUT2D eigenvalue weighted by Crippen LogP contribution is -2.23. The molecule has 0 fully saturated rings. The molecule has 0 atom stereocenters. The van der Waals surface area contributed by atoms with Crippen LogP contribution in [-0.2, 0) is 6.54 Å². The Morgan fingerprint density at radius 2 is 2.00 bits per heavy atom. The Morgan fingerprint density at radius 1 is 1.19 bits per heavy atom. The molecule has 1 heterocycles. The second-order valence-corrected chi connectivity index (χ2v) is 6.09. The van der Waals surface area contributed by atoms with Crippen molar-refractivity contribution in [3.05, 3.63) is 82.8 Å². The van der Waals surface area contributed by atoms with Gasteiger partial charge in [0.15, 0.2) is 0 Å². The van der Waals surface area contributed by atoms with Crippen LogP contribution < -0.4 is 15.4 Å². The molecule has 2 N–H and O–H groups in total. The molecule has 0 saturated heterocycles. The Morgan fingerprint density at radius 3 is 2.70 bits per heavy atom. The van der Waals surface area contributed by atoms with Crippen LogP contribution in [0.2, 0.25) is 5.02 Å². The molecule has 0 unspecified atom stereocenters. The molecule has 0 bridgehead atoms. The number of pyridine rings is 1. The first-order valence-corrected chi connectivity index (χ1v) is 8.53. The molecule has 3 aromatic rings. The quantitative estimate of drug-likeness (QED) is 0.653. The van der Waals surface area contributed by atoms with E-state index in [1.807, 2.05) is 24.3 Å². The van der Waals surface area contributed by atoms with E-state index in [1.165, 1.54) is 18.3 Å². The highest BCUT2D eigenvalue weighted by Crippen LogP contribution is 2.22. The molecule has 0 aliphatic heterocycles. The van der Waals surface area contributed by atoms with Crippen molar-refractivity contribution in [3.8, 4) is 5.75 Å². The summed E-state index contributed by atoms with van der Waals surface area (Å²) in [7, 11) is 1.59. The molecule has 0 radical (unpaired) electrons. The van der Waals surface area contributed by atoms with Crippen molar-refractivity contribution >= 4 is 29.0 Å². The van der Waals surface area contributed by atoms with Gasteiger partial charge < -0.3 is 15.4 Å². The molecule has 0 saturated carbocycles. The van der Waals surface area contributed by atoms with Gasteiger partial charge in [-0.15, -0.1) is 0 Å². The Balaban J connectivity index is 1.62. The number of anilines is 2. The second-order valence-electron chi connectivity index (χ2n) is 5.68. The number of rotatable bonds is 6. The Hall–Kier alpha value is -3.12. The van der Waals surface area contributed by atoms with Gasteiger partial charge in [0.05, 0.1) is 17.7 Å². The number of nitrogens with one attached hydrogen (secondary N) is 2. The van der Waals surface area contributed by atoms with E-state index >= 15 is 0 Å². The van der Waals surface area contributed by atoms with Crippen LogP contribution in [0.1, 0.15) is 15.9 Å². The Kier molecular flexibility index (Phi) is 5.88. The number of hydrogen-bond acceptors (Lipinski definition) is 4. The van der Waals surface area contributed by atoms with Gasteiger partial charge in [0.2, 0.25) is 0 Å². The number of carbonyl (C=O) groups excluding carboxylic acids is 1. The molecule has 1 aromatic heterocycles. The van der Waals surface area contributed by atoms with Gasteiger partial charge in [-0.25, -0.2) is 9.37 Å². The van der Waals surface area contributed by atoms with Crippen molar-refractivity contribution in [3.63, 3.8) is 0 Å². The average molecular weight is 386 g/mol. The first-order valence-electron chi connectivity index (χ1n) is 8.15. The summed E-state index contributed by atoms with van der Waals surface area (Å²) in [6.45, 7) is 0.344. The highest BCUT2D eigenvalue weighted by Gasteiger charge is 2.09. The lowest BCUT2D eigenvalue weighted by atomic mass is 10.2. The van der Waals surface area contributed by atoms with E-state index < -0.39 is 5.82 Å². The molecule has 2 aromatic carbocycles. The number of carbonyl (C=O) groups is 1. The van der Waals surface area contributed by atoms with Crippen LogP contribution in [0.5, 0.6) is 5.75 Å². The number of halogens is 2. The van der Waals surface area contributed by atoms with Gasteiger partial charge in [0.1, 0.15) is 17.4 Å². The van der Waals surface area contributed by atoms with Gasteiger partial charge in [-0.3, -0.25) is 4.79 Å². The molecule has 1 amide bonds. The van der Waals surface area contributed by atoms with Crippen molar-refractivity contribution in [1.29, 1.82) is 0 Å². The van der Waals surface area contributed by atoms with Gasteiger partial charge >= 0.3 is 0 Å². The first-order chi connectivity index (χ1) is 13.1. The lowest BCUT2D eigenvalue weighted by Gasteiger charge is -2.10. The van der Waals surface area contributed by atoms with E-state index in [0.29, 0.717) is 29.4 Å². The summed E-state index contributed by atoms with van der Waals surface area (Å²) in [6, 6.07) is 15.1. The molecule has 3 rings (SSSR count). The number of hydrogen-bond donors (Lipinski definition) is 2. The minimum Gasteiger partial charge on any atom is -0.496 e. The molecule has 5 nitrogen and oxygen atoms in total. The average Bonchev–Trinajstić information content (AvgIpc) is 2.69. The number of ether oxygens (including phenoxy) is 1. The topological polar surface area (TPSA) is 63.2 Å². The third-order valence-electron chi connectivity index (χ3n) is 3.85. The SMILES string of the molecule is COc1ccccc1CNC(=O)c1ccc(Nc2ccc(F)c(Cl)c2)nc1. The predicted octanol–water partition coefficient (Wildman–Crippen LogP) is 4.56. The van der Waals surface area contributed by atoms with E-state index in [-0.39, 0.29) is 10.9 Å². The van der Waals surface area contributed by atoms with E-state index in [4.69, 9.17) is 16.3 Å². The lowest BCUT2D eigenvalue weighted by molar-refractivity contribution is 0.0950. The van der Waals surface area contributed by atoms with Gasteiger partial charge in [0, 0.05) is 24.0 Å². The van der Waals surface area contributed by atoms with Crippen molar-refractivity contribution < 1.29 is 13.9 Å². The molecular formula is C20H17ClFN3O2. The Bertz CT molecular complexity index is 948. The zero-order valence-electron chi connectivity index (χ0n) is 14.5. The van der Waals surface area contributed by atoms with Crippen LogP contribution >= 0.6 is 11.6 Å². The minimum absolute atomic E-state index is 0.0207. The van der Waals surface area contributed by atoms with Crippen molar-refractivity contribution in [2.24, 2.45) is 0 Å². The zero-order chi connectivity index (χ0) is 19.2. The molecule has 7 heteroatoms. The summed E-state index contributed by atoms with van der Waals surface area (Å²) in [5.74, 6) is 0.495. The van der Waals surface area contributed by atoms with E-state index in [9.17, 15) is 9.18 Å². The molecular weight excluding hydrogens is 369 g/mol. The summed E-state index contributed by atoms with van der Waals surface area (Å²) in [4.78, 5) is 16.5. The highest BCUT2D eigenvalue weighted by atomic mass is 35.5. The van der Waals surface area contributed by atoms with Gasteiger partial charge in [-0.2, -0.15) is 0 Å². The van der Waals surface area contributed by atoms with Crippen LogP contribution in [0.25, 0.3) is 0 Å². The molecule has 138 valence electrons. The molecule has 0 spiro atoms. The number of aromatic nitrogens is 1. The van der Waals surface area contributed by atoms with E-state index in [2.05, 4.69) is 15.6 Å². The highest BCUT2D eigenvalue weighted by molar-refractivity contribution is 6.31. The number of para-hydroxylation sites is 1. The molecule has 0 aliphatic rings. The molecule has 0 aliphatic carbocycles. The number of nitrogens with zero attached hydrogens (tertiary/aromatic N) is 1. The summed E-state index contributed by atoms with van der Waals surface area (Å²) >= 11 is 5.76. The maximum atomic E-state index is 13.2. The van der Waals surface area contributed by atoms with Crippen LogP contribution in [0.3, 0.4) is 0 Å². The third kappa shape index (κ3) is 4.74. The van der Waals surface area contributed by atoms with Gasteiger partial charge in [-0.05, 0) is 36.4 Å². The largest absolute Gasteiger partial charge is 0.496 e. The van der Waals surface area contributed by atoms with Crippen molar-refractivity contribution in [2.75, 3.05) is 12.4 Å². The number of amides is 1. The maximum absolute atomic E-state index is 13.2. The van der Waals surface area contributed by atoms with Crippen molar-refractivity contribution in [2.45, 2.75) is 6.54 Å². The fourth-order valence-corrected chi connectivity index (χ4v) is 2.63. The first kappa shape index (κ1) is 18.7. The van der Waals surface area contributed by atoms with Gasteiger partial charge in [0.25, 0.3) is 5.91 Å². The third-order valence-corrected chi connectivity index (χ3v) is 4.14. The van der Waals surface area contributed by atoms with E-state index in [1.54, 1.807) is 25.3 Å². The fraction of sp³-hybridized carbons (Fsp3) is 0.100. The second kappa shape index (κ2) is 8.51. The normalized spacial score (nSPS) is 10.3. The fourth-order valence-electron chi connectivity index (χ4n) is 2.45. The minimum atomic E-state index is -0.489. The number of benzene rings is 2. The number of methoxy groups -OCH3 is 1. The summed E-state index contributed by atoms with van der Waals surface area (Å²) in [6.07, 6.45) is 1.46. The van der Waals surface area contributed by atoms with Crippen LogP contribution in [0.15, 0.2) is 60.8 Å². The smallest absolute Gasteiger partial charge is 0.253 e. The summed E-state index contributed by atoms with van der Waals surface area (Å²) in [5.41, 5.74) is 1.91. The van der Waals surface area contributed by atoms with Crippen LogP contribution in [0.4, 0.5) is 15.9 Å². The zero-order valence-corrected chi connectivity index (χ0v) is 15.3. The summed E-state index contributed by atoms with van der Waals surface area (Å²) in [5, 5.41) is 5.86. The monoisotopic (exact) mass is 385 g/mol. The summed E-state index contributed by atoms with van der Waals surface area (Å²) < 4.78 is 18.5. The van der Waals surface area contributed by atoms with E-state index in [0.717, 1.165) is 5.56 Å². The predicted molar refractivity (Wildman–Crippen MR) is 103 cm³/mol. The Labute approximate surface area is 161 Å². The van der Waals surface area contributed by atoms with Gasteiger partial charge in [-0.1, -0.05) is 29.8 Å². The molecule has 27 heavy (non-hydrogen) atoms. The van der Waals surface area contributed by atoms with Crippen molar-refractivity contribution in [1.82, 2.24) is 10.3 Å².